The summed E-state index contributed by atoms with van der Waals surface area (Å²) < 4.78 is 26.5. The number of rotatable bonds is 9. The smallest absolute Gasteiger partial charge is 0.289 e. The molecule has 0 atom stereocenters. The topological polar surface area (TPSA) is 44.8 Å². The minimum atomic E-state index is -4.23. The highest BCUT2D eigenvalue weighted by molar-refractivity contribution is 7.48. The van der Waals surface area contributed by atoms with Gasteiger partial charge in [-0.2, -0.15) is 0 Å². The Morgan fingerprint density at radius 1 is 0.600 bits per heavy atom. The normalized spacial score (nSPS) is 14.2. The molecule has 0 bridgehead atoms. The van der Waals surface area contributed by atoms with Crippen molar-refractivity contribution in [1.82, 2.24) is 0 Å². The van der Waals surface area contributed by atoms with Crippen molar-refractivity contribution in [3.8, 4) is 0 Å². The van der Waals surface area contributed by atoms with E-state index in [1.54, 1.807) is 0 Å². The van der Waals surface area contributed by atoms with Crippen LogP contribution in [0.1, 0.15) is 0 Å². The van der Waals surface area contributed by atoms with Crippen molar-refractivity contribution in [3.63, 3.8) is 0 Å². The Kier molecular flexibility index (Phi) is 7.56. The maximum absolute atomic E-state index is 12.2. The van der Waals surface area contributed by atoms with Gasteiger partial charge in [-0.3, -0.25) is 13.6 Å². The van der Waals surface area contributed by atoms with Gasteiger partial charge in [-0.15, -0.1) is 15.3 Å². The van der Waals surface area contributed by atoms with Crippen LogP contribution >= 0.6 is 7.82 Å². The largest absolute Gasteiger partial charge is 0.474 e. The first-order chi connectivity index (χ1) is 8.62. The highest BCUT2D eigenvalue weighted by Crippen LogP contribution is 2.52. The molecule has 0 amide bonds. The van der Waals surface area contributed by atoms with Crippen LogP contribution in [-0.4, -0.2) is 90.4 Å². The predicted octanol–water partition coefficient (Wildman–Crippen LogP) is -2.12. The van der Waals surface area contributed by atoms with Crippen LogP contribution in [0.2, 0.25) is 15.3 Å². The monoisotopic (exact) mass is 272 g/mol. The minimum Gasteiger partial charge on any atom is -0.289 e. The summed E-state index contributed by atoms with van der Waals surface area (Å²) in [5.41, 5.74) is 0. The Labute approximate surface area is 132 Å². The maximum atomic E-state index is 12.2. The Hall–Kier alpha value is 0.694. The SMILES string of the molecule is [B]C([B])([B])COP(=O)(OCC([B])([B])[B])OCC([B])([B])[B]. The van der Waals surface area contributed by atoms with Crippen molar-refractivity contribution in [3.05, 3.63) is 0 Å². The molecule has 0 aromatic rings. The van der Waals surface area contributed by atoms with Crippen molar-refractivity contribution >= 4 is 78.4 Å². The Morgan fingerprint density at radius 3 is 0.950 bits per heavy atom. The van der Waals surface area contributed by atoms with Gasteiger partial charge in [-0.1, -0.05) is 0 Å². The van der Waals surface area contributed by atoms with E-state index in [2.05, 4.69) is 0 Å². The van der Waals surface area contributed by atoms with Gasteiger partial charge < -0.3 is 0 Å². The fourth-order valence-corrected chi connectivity index (χ4v) is 2.05. The highest BCUT2D eigenvalue weighted by Gasteiger charge is 2.31. The van der Waals surface area contributed by atoms with Crippen LogP contribution in [0.3, 0.4) is 0 Å². The molecule has 20 heavy (non-hydrogen) atoms. The molecule has 14 heteroatoms. The Bertz CT molecular complexity index is 294. The molecule has 0 heterocycles. The van der Waals surface area contributed by atoms with Gasteiger partial charge in [0.2, 0.25) is 0 Å². The van der Waals surface area contributed by atoms with Crippen LogP contribution in [0, 0.1) is 0 Å². The molecule has 0 aromatic carbocycles. The van der Waals surface area contributed by atoms with Crippen LogP contribution in [0.25, 0.3) is 0 Å². The molecule has 0 aliphatic carbocycles. The van der Waals surface area contributed by atoms with E-state index in [4.69, 9.17) is 84.2 Å². The predicted molar refractivity (Wildman–Crippen MR) is 85.3 cm³/mol. The van der Waals surface area contributed by atoms with Crippen molar-refractivity contribution in [2.75, 3.05) is 19.8 Å². The zero-order valence-electron chi connectivity index (χ0n) is 10.9. The fourth-order valence-electron chi connectivity index (χ4n) is 0.684. The molecule has 4 nitrogen and oxygen atoms in total. The van der Waals surface area contributed by atoms with Crippen LogP contribution < -0.4 is 0 Å². The van der Waals surface area contributed by atoms with Crippen LogP contribution in [0.4, 0.5) is 0 Å². The lowest BCUT2D eigenvalue weighted by molar-refractivity contribution is 0.116. The van der Waals surface area contributed by atoms with E-state index in [-0.39, 0.29) is 0 Å². The van der Waals surface area contributed by atoms with E-state index < -0.39 is 43.0 Å². The first-order valence-electron chi connectivity index (χ1n) is 5.26. The van der Waals surface area contributed by atoms with Gasteiger partial charge in [-0.25, -0.2) is 4.57 Å². The van der Waals surface area contributed by atoms with Gasteiger partial charge in [0.15, 0.2) is 0 Å². The lowest BCUT2D eigenvalue weighted by Gasteiger charge is -2.29. The number of phosphoric ester groups is 1. The lowest BCUT2D eigenvalue weighted by Crippen LogP contribution is -2.25. The van der Waals surface area contributed by atoms with E-state index in [0.717, 1.165) is 0 Å². The molecular weight excluding hydrogens is 264 g/mol. The van der Waals surface area contributed by atoms with Crippen molar-refractivity contribution in [2.45, 2.75) is 15.3 Å². The van der Waals surface area contributed by atoms with Gasteiger partial charge >= 0.3 is 7.82 Å². The Balaban J connectivity index is 4.71. The minimum absolute atomic E-state index is 0.580. The third-order valence-electron chi connectivity index (χ3n) is 1.42. The second-order valence-electron chi connectivity index (χ2n) is 4.60. The molecule has 86 valence electrons. The quantitative estimate of drug-likeness (QED) is 0.355. The van der Waals surface area contributed by atoms with E-state index in [9.17, 15) is 4.57 Å². The Morgan fingerprint density at radius 2 is 0.800 bits per heavy atom. The molecule has 0 aliphatic heterocycles. The van der Waals surface area contributed by atoms with Crippen LogP contribution in [0.15, 0.2) is 0 Å². The third kappa shape index (κ3) is 12.4. The van der Waals surface area contributed by atoms with Gasteiger partial charge in [-0.05, 0) is 0 Å². The van der Waals surface area contributed by atoms with E-state index in [0.29, 0.717) is 0 Å². The summed E-state index contributed by atoms with van der Waals surface area (Å²) in [5, 5.41) is -5.34. The number of hydrogen-bond acceptors (Lipinski definition) is 4. The van der Waals surface area contributed by atoms with Gasteiger partial charge in [0, 0.05) is 19.8 Å². The summed E-state index contributed by atoms with van der Waals surface area (Å²) in [7, 11) is 43.1. The first-order valence-corrected chi connectivity index (χ1v) is 6.72. The van der Waals surface area contributed by atoms with Crippen molar-refractivity contribution in [1.29, 1.82) is 0 Å². The van der Waals surface area contributed by atoms with E-state index in [1.807, 2.05) is 0 Å². The van der Waals surface area contributed by atoms with Gasteiger partial charge in [0.1, 0.15) is 0 Å². The molecule has 0 saturated carbocycles. The van der Waals surface area contributed by atoms with Crippen molar-refractivity contribution < 1.29 is 18.1 Å². The highest BCUT2D eigenvalue weighted by atomic mass is 31.2. The lowest BCUT2D eigenvalue weighted by atomic mass is 9.43. The average molecular weight is 270 g/mol. The summed E-state index contributed by atoms with van der Waals surface area (Å²) in [6.45, 7) is -1.74. The summed E-state index contributed by atoms with van der Waals surface area (Å²) in [6.07, 6.45) is 0. The summed E-state index contributed by atoms with van der Waals surface area (Å²) in [4.78, 5) is 0. The maximum Gasteiger partial charge on any atom is 0.474 e. The fraction of sp³-hybridized carbons (Fsp3) is 1.00. The summed E-state index contributed by atoms with van der Waals surface area (Å²) in [5.74, 6) is 0. The molecular formula is C6H6B9O4P. The molecule has 0 unspecified atom stereocenters. The molecule has 0 saturated heterocycles. The summed E-state index contributed by atoms with van der Waals surface area (Å²) >= 11 is 0. The van der Waals surface area contributed by atoms with E-state index in [1.165, 1.54) is 0 Å². The molecule has 0 rings (SSSR count). The third-order valence-corrected chi connectivity index (χ3v) is 2.75. The van der Waals surface area contributed by atoms with E-state index >= 15 is 0 Å². The second-order valence-corrected chi connectivity index (χ2v) is 6.27. The molecule has 0 aliphatic rings. The zero-order valence-corrected chi connectivity index (χ0v) is 11.8. The molecule has 0 aromatic heterocycles. The van der Waals surface area contributed by atoms with Crippen LogP contribution in [0.5, 0.6) is 0 Å². The van der Waals surface area contributed by atoms with Crippen LogP contribution in [-0.2, 0) is 18.1 Å². The second kappa shape index (κ2) is 7.31. The first kappa shape index (κ1) is 20.7. The van der Waals surface area contributed by atoms with Gasteiger partial charge in [0.05, 0.1) is 70.6 Å². The summed E-state index contributed by atoms with van der Waals surface area (Å²) in [6, 6.07) is 0. The molecule has 0 fully saturated rings. The van der Waals surface area contributed by atoms with Gasteiger partial charge in [0.25, 0.3) is 0 Å². The zero-order chi connectivity index (χ0) is 16.2. The molecule has 0 spiro atoms. The molecule has 0 N–H and O–H groups in total. The number of phosphoric acid groups is 1. The van der Waals surface area contributed by atoms with Crippen molar-refractivity contribution in [2.24, 2.45) is 0 Å². The molecule has 18 radical (unpaired) electrons. The number of hydrogen-bond donors (Lipinski definition) is 0. The standard InChI is InChI=1S/C6H6B9O4P/c7-4(8,9)1-17-20(16,18-2-5(10,11)12)19-3-6(13,14)15/h1-3H2. The average Bonchev–Trinajstić information content (AvgIpc) is 2.18.